The maximum Gasteiger partial charge on any atom is 0.253 e. The van der Waals surface area contributed by atoms with Gasteiger partial charge in [0.05, 0.1) is 13.2 Å². The number of nitrogens with zero attached hydrogens (tertiary/aromatic N) is 3. The van der Waals surface area contributed by atoms with Gasteiger partial charge in [-0.2, -0.15) is 0 Å². The van der Waals surface area contributed by atoms with Gasteiger partial charge in [-0.3, -0.25) is 14.6 Å². The van der Waals surface area contributed by atoms with E-state index in [1.165, 1.54) is 11.1 Å². The molecule has 0 spiro atoms. The van der Waals surface area contributed by atoms with E-state index in [1.54, 1.807) is 7.11 Å². The number of carbonyl (C=O) groups is 1. The smallest absolute Gasteiger partial charge is 0.253 e. The van der Waals surface area contributed by atoms with E-state index in [2.05, 4.69) is 60.6 Å². The summed E-state index contributed by atoms with van der Waals surface area (Å²) in [6, 6.07) is 17.4. The maximum atomic E-state index is 12.8. The fraction of sp³-hybridized carbons (Fsp3) is 0.464. The molecule has 1 saturated heterocycles. The van der Waals surface area contributed by atoms with Gasteiger partial charge in [0.1, 0.15) is 5.75 Å². The highest BCUT2D eigenvalue weighted by Crippen LogP contribution is 2.34. The molecule has 3 atom stereocenters. The van der Waals surface area contributed by atoms with Crippen molar-refractivity contribution in [1.82, 2.24) is 14.7 Å². The molecule has 5 heteroatoms. The second-order valence-corrected chi connectivity index (χ2v) is 8.92. The van der Waals surface area contributed by atoms with E-state index in [9.17, 15) is 4.79 Å². The third-order valence-corrected chi connectivity index (χ3v) is 6.79. The van der Waals surface area contributed by atoms with Crippen LogP contribution in [0.5, 0.6) is 5.75 Å². The molecule has 2 aromatic carbocycles. The van der Waals surface area contributed by atoms with E-state index >= 15 is 0 Å². The van der Waals surface area contributed by atoms with Crippen molar-refractivity contribution in [3.8, 4) is 5.75 Å². The highest BCUT2D eigenvalue weighted by molar-refractivity contribution is 5.94. The van der Waals surface area contributed by atoms with Gasteiger partial charge in [0.2, 0.25) is 0 Å². The van der Waals surface area contributed by atoms with Gasteiger partial charge in [-0.15, -0.1) is 6.58 Å². The number of ether oxygens (including phenoxy) is 1. The average molecular weight is 450 g/mol. The van der Waals surface area contributed by atoms with Crippen molar-refractivity contribution >= 4 is 5.91 Å². The summed E-state index contributed by atoms with van der Waals surface area (Å²) in [6.07, 6.45) is 1.99. The van der Waals surface area contributed by atoms with E-state index in [4.69, 9.17) is 4.74 Å². The molecule has 1 fully saturated rings. The predicted molar refractivity (Wildman–Crippen MR) is 136 cm³/mol. The molecule has 0 radical (unpaired) electrons. The molecule has 1 amide bonds. The fourth-order valence-corrected chi connectivity index (χ4v) is 4.89. The van der Waals surface area contributed by atoms with Crippen molar-refractivity contribution in [2.45, 2.75) is 45.8 Å². The lowest BCUT2D eigenvalue weighted by atomic mass is 9.92. The first-order chi connectivity index (χ1) is 15.9. The van der Waals surface area contributed by atoms with Gasteiger partial charge in [0.25, 0.3) is 5.91 Å². The Morgan fingerprint density at radius 2 is 1.79 bits per heavy atom. The van der Waals surface area contributed by atoms with Crippen LogP contribution in [0.2, 0.25) is 0 Å². The molecule has 0 bridgehead atoms. The van der Waals surface area contributed by atoms with Crippen LogP contribution in [-0.4, -0.2) is 72.5 Å². The van der Waals surface area contributed by atoms with Gasteiger partial charge >= 0.3 is 0 Å². The first-order valence-corrected chi connectivity index (χ1v) is 12.1. The SMILES string of the molecule is C=CCN1CC(C)N([C@H](c2ccc(C(=O)N(CC)CC)cc2)c2cccc(OC)c2)C[C@H]1C. The molecule has 178 valence electrons. The number of piperazine rings is 1. The molecule has 0 saturated carbocycles. The Kier molecular flexibility index (Phi) is 8.70. The second-order valence-electron chi connectivity index (χ2n) is 8.92. The standard InChI is InChI=1S/C28H39N3O2/c1-7-17-30-19-22(5)31(20-21(30)4)27(25-11-10-12-26(18-25)33-6)23-13-15-24(16-14-23)28(32)29(8-2)9-3/h7,10-16,18,21-22,27H,1,8-9,17,19-20H2,2-6H3/t21-,22?,27-/m1/s1. The summed E-state index contributed by atoms with van der Waals surface area (Å²) in [4.78, 5) is 19.8. The average Bonchev–Trinajstić information content (AvgIpc) is 2.83. The van der Waals surface area contributed by atoms with Crippen molar-refractivity contribution < 1.29 is 9.53 Å². The molecule has 1 aliphatic rings. The number of hydrogen-bond acceptors (Lipinski definition) is 4. The quantitative estimate of drug-likeness (QED) is 0.513. The number of hydrogen-bond donors (Lipinski definition) is 0. The largest absolute Gasteiger partial charge is 0.497 e. The lowest BCUT2D eigenvalue weighted by Gasteiger charge is -2.47. The Labute approximate surface area is 199 Å². The van der Waals surface area contributed by atoms with E-state index in [1.807, 2.05) is 43.0 Å². The monoisotopic (exact) mass is 449 g/mol. The van der Waals surface area contributed by atoms with Crippen molar-refractivity contribution in [3.05, 3.63) is 77.9 Å². The van der Waals surface area contributed by atoms with Crippen molar-refractivity contribution in [1.29, 1.82) is 0 Å². The van der Waals surface area contributed by atoms with Crippen LogP contribution in [0.15, 0.2) is 61.2 Å². The summed E-state index contributed by atoms with van der Waals surface area (Å²) in [5.41, 5.74) is 3.13. The topological polar surface area (TPSA) is 36.0 Å². The van der Waals surface area contributed by atoms with Crippen LogP contribution in [0.3, 0.4) is 0 Å². The zero-order chi connectivity index (χ0) is 24.0. The van der Waals surface area contributed by atoms with Crippen LogP contribution in [0.1, 0.15) is 55.2 Å². The molecule has 0 N–H and O–H groups in total. The first kappa shape index (κ1) is 25.0. The van der Waals surface area contributed by atoms with Gasteiger partial charge in [-0.25, -0.2) is 0 Å². The van der Waals surface area contributed by atoms with Crippen LogP contribution >= 0.6 is 0 Å². The minimum Gasteiger partial charge on any atom is -0.497 e. The summed E-state index contributed by atoms with van der Waals surface area (Å²) in [5, 5.41) is 0. The van der Waals surface area contributed by atoms with Gasteiger partial charge in [-0.05, 0) is 63.1 Å². The normalized spacial score (nSPS) is 20.3. The molecule has 0 aliphatic carbocycles. The summed E-state index contributed by atoms with van der Waals surface area (Å²) in [7, 11) is 1.71. The summed E-state index contributed by atoms with van der Waals surface area (Å²) < 4.78 is 5.54. The zero-order valence-corrected chi connectivity index (χ0v) is 20.8. The molecule has 1 unspecified atom stereocenters. The van der Waals surface area contributed by atoms with Gasteiger partial charge in [0.15, 0.2) is 0 Å². The predicted octanol–water partition coefficient (Wildman–Crippen LogP) is 4.85. The lowest BCUT2D eigenvalue weighted by molar-refractivity contribution is 0.0306. The summed E-state index contributed by atoms with van der Waals surface area (Å²) >= 11 is 0. The van der Waals surface area contributed by atoms with E-state index in [0.29, 0.717) is 25.2 Å². The second kappa shape index (κ2) is 11.5. The van der Waals surface area contributed by atoms with Crippen LogP contribution in [0.25, 0.3) is 0 Å². The minimum absolute atomic E-state index is 0.0843. The molecule has 5 nitrogen and oxygen atoms in total. The molecular formula is C28H39N3O2. The minimum atomic E-state index is 0.0843. The molecule has 33 heavy (non-hydrogen) atoms. The molecule has 1 heterocycles. The Morgan fingerprint density at radius 1 is 1.09 bits per heavy atom. The van der Waals surface area contributed by atoms with E-state index in [0.717, 1.165) is 30.9 Å². The van der Waals surface area contributed by atoms with Gasteiger partial charge < -0.3 is 9.64 Å². The summed E-state index contributed by atoms with van der Waals surface area (Å²) in [6.45, 7) is 16.8. The van der Waals surface area contributed by atoms with Crippen LogP contribution in [0, 0.1) is 0 Å². The number of methoxy groups -OCH3 is 1. The van der Waals surface area contributed by atoms with E-state index < -0.39 is 0 Å². The highest BCUT2D eigenvalue weighted by Gasteiger charge is 2.34. The Bertz CT molecular complexity index is 923. The van der Waals surface area contributed by atoms with Crippen LogP contribution < -0.4 is 4.74 Å². The fourth-order valence-electron chi connectivity index (χ4n) is 4.89. The van der Waals surface area contributed by atoms with Crippen molar-refractivity contribution in [3.63, 3.8) is 0 Å². The zero-order valence-electron chi connectivity index (χ0n) is 20.8. The number of benzene rings is 2. The van der Waals surface area contributed by atoms with Crippen LogP contribution in [0.4, 0.5) is 0 Å². The molecule has 2 aromatic rings. The molecule has 0 aromatic heterocycles. The Balaban J connectivity index is 1.98. The number of rotatable bonds is 9. The highest BCUT2D eigenvalue weighted by atomic mass is 16.5. The van der Waals surface area contributed by atoms with Gasteiger partial charge in [-0.1, -0.05) is 30.3 Å². The summed E-state index contributed by atoms with van der Waals surface area (Å²) in [5.74, 6) is 0.946. The molecular weight excluding hydrogens is 410 g/mol. The third-order valence-electron chi connectivity index (χ3n) is 6.79. The van der Waals surface area contributed by atoms with Gasteiger partial charge in [0, 0.05) is 50.4 Å². The first-order valence-electron chi connectivity index (χ1n) is 12.1. The van der Waals surface area contributed by atoms with Crippen LogP contribution in [-0.2, 0) is 0 Å². The van der Waals surface area contributed by atoms with Crippen molar-refractivity contribution in [2.24, 2.45) is 0 Å². The third kappa shape index (κ3) is 5.66. The number of carbonyl (C=O) groups excluding carboxylic acids is 1. The lowest BCUT2D eigenvalue weighted by Crippen LogP contribution is -2.57. The number of amides is 1. The molecule has 3 rings (SSSR count). The Hall–Kier alpha value is -2.63. The maximum absolute atomic E-state index is 12.8. The van der Waals surface area contributed by atoms with Crippen molar-refractivity contribution in [2.75, 3.05) is 39.8 Å². The van der Waals surface area contributed by atoms with E-state index in [-0.39, 0.29) is 11.9 Å². The molecule has 1 aliphatic heterocycles. The Morgan fingerprint density at radius 3 is 2.39 bits per heavy atom.